The van der Waals surface area contributed by atoms with Gasteiger partial charge < -0.3 is 23.7 Å². The van der Waals surface area contributed by atoms with E-state index in [1.54, 1.807) is 21.3 Å². The molecule has 5 rings (SSSR count). The van der Waals surface area contributed by atoms with Crippen molar-refractivity contribution in [3.8, 4) is 28.6 Å². The lowest BCUT2D eigenvalue weighted by atomic mass is 10.1. The first-order chi connectivity index (χ1) is 16.2. The number of rotatable bonds is 7. The Morgan fingerprint density at radius 2 is 1.52 bits per heavy atom. The fourth-order valence-corrected chi connectivity index (χ4v) is 4.67. The van der Waals surface area contributed by atoms with Crippen molar-refractivity contribution in [3.05, 3.63) is 66.2 Å². The van der Waals surface area contributed by atoms with Crippen molar-refractivity contribution in [3.63, 3.8) is 0 Å². The molecule has 0 amide bonds. The zero-order valence-corrected chi connectivity index (χ0v) is 19.4. The Labute approximate surface area is 194 Å². The summed E-state index contributed by atoms with van der Waals surface area (Å²) >= 11 is 0. The molecular weight excluding hydrogens is 414 g/mol. The van der Waals surface area contributed by atoms with Crippen molar-refractivity contribution in [2.24, 2.45) is 0 Å². The van der Waals surface area contributed by atoms with Gasteiger partial charge in [-0.05, 0) is 48.7 Å². The molecule has 1 aliphatic rings. The average Bonchev–Trinajstić information content (AvgIpc) is 3.52. The number of ether oxygens (including phenoxy) is 3. The second kappa shape index (κ2) is 9.06. The van der Waals surface area contributed by atoms with Gasteiger partial charge in [-0.1, -0.05) is 30.3 Å². The van der Waals surface area contributed by atoms with Gasteiger partial charge in [0.1, 0.15) is 5.82 Å². The van der Waals surface area contributed by atoms with E-state index in [2.05, 4.69) is 39.8 Å². The Morgan fingerprint density at radius 3 is 2.15 bits per heavy atom. The molecule has 0 saturated carbocycles. The fourth-order valence-electron chi connectivity index (χ4n) is 4.67. The minimum atomic E-state index is 0.595. The molecular formula is C27H29N3O3. The maximum absolute atomic E-state index is 5.58. The summed E-state index contributed by atoms with van der Waals surface area (Å²) < 4.78 is 18.9. The number of imidazole rings is 1. The molecule has 4 aromatic rings. The van der Waals surface area contributed by atoms with Gasteiger partial charge >= 0.3 is 0 Å². The largest absolute Gasteiger partial charge is 0.493 e. The van der Waals surface area contributed by atoms with Crippen LogP contribution in [0.3, 0.4) is 0 Å². The Bertz CT molecular complexity index is 1240. The van der Waals surface area contributed by atoms with Gasteiger partial charge in [0, 0.05) is 30.9 Å². The number of hydrogen-bond donors (Lipinski definition) is 0. The Morgan fingerprint density at radius 1 is 0.818 bits per heavy atom. The molecule has 0 spiro atoms. The highest BCUT2D eigenvalue weighted by Crippen LogP contribution is 2.39. The minimum Gasteiger partial charge on any atom is -0.493 e. The molecule has 6 nitrogen and oxygen atoms in total. The second-order valence-corrected chi connectivity index (χ2v) is 8.29. The van der Waals surface area contributed by atoms with E-state index >= 15 is 0 Å². The van der Waals surface area contributed by atoms with Crippen LogP contribution in [-0.4, -0.2) is 44.0 Å². The summed E-state index contributed by atoms with van der Waals surface area (Å²) in [5.41, 5.74) is 5.49. The quantitative estimate of drug-likeness (QED) is 0.384. The van der Waals surface area contributed by atoms with Crippen molar-refractivity contribution in [2.45, 2.75) is 19.4 Å². The lowest BCUT2D eigenvalue weighted by Gasteiger charge is -2.17. The van der Waals surface area contributed by atoms with Crippen LogP contribution < -0.4 is 19.1 Å². The molecule has 1 aromatic heterocycles. The van der Waals surface area contributed by atoms with Crippen molar-refractivity contribution in [1.29, 1.82) is 0 Å². The highest BCUT2D eigenvalue weighted by Gasteiger charge is 2.19. The van der Waals surface area contributed by atoms with E-state index in [0.717, 1.165) is 41.1 Å². The van der Waals surface area contributed by atoms with Gasteiger partial charge in [0.2, 0.25) is 5.75 Å². The Hall–Kier alpha value is -3.67. The molecule has 1 saturated heterocycles. The van der Waals surface area contributed by atoms with Gasteiger partial charge in [0.15, 0.2) is 11.5 Å². The molecule has 1 fully saturated rings. The van der Waals surface area contributed by atoms with E-state index in [0.29, 0.717) is 23.8 Å². The maximum atomic E-state index is 5.58. The highest BCUT2D eigenvalue weighted by atomic mass is 16.5. The van der Waals surface area contributed by atoms with E-state index in [9.17, 15) is 0 Å². The first-order valence-corrected chi connectivity index (χ1v) is 11.3. The summed E-state index contributed by atoms with van der Waals surface area (Å²) in [4.78, 5) is 7.52. The second-order valence-electron chi connectivity index (χ2n) is 8.29. The van der Waals surface area contributed by atoms with Gasteiger partial charge in [0.05, 0.1) is 32.4 Å². The van der Waals surface area contributed by atoms with Crippen molar-refractivity contribution < 1.29 is 14.2 Å². The molecule has 3 aromatic carbocycles. The van der Waals surface area contributed by atoms with E-state index in [-0.39, 0.29) is 0 Å². The van der Waals surface area contributed by atoms with Crippen LogP contribution in [0, 0.1) is 0 Å². The topological polar surface area (TPSA) is 48.8 Å². The van der Waals surface area contributed by atoms with Crippen LogP contribution in [0.5, 0.6) is 17.2 Å². The summed E-state index contributed by atoms with van der Waals surface area (Å²) in [5.74, 6) is 2.83. The van der Waals surface area contributed by atoms with Gasteiger partial charge in [-0.2, -0.15) is 0 Å². The van der Waals surface area contributed by atoms with Crippen molar-refractivity contribution in [2.75, 3.05) is 39.3 Å². The molecule has 0 aliphatic carbocycles. The third-order valence-electron chi connectivity index (χ3n) is 6.30. The first kappa shape index (κ1) is 21.2. The van der Waals surface area contributed by atoms with Gasteiger partial charge in [-0.25, -0.2) is 4.98 Å². The lowest BCUT2D eigenvalue weighted by Crippen LogP contribution is -2.17. The summed E-state index contributed by atoms with van der Waals surface area (Å²) in [6.07, 6.45) is 2.51. The number of fused-ring (bicyclic) bond motifs is 1. The summed E-state index contributed by atoms with van der Waals surface area (Å²) in [6, 6.07) is 21.0. The molecule has 0 N–H and O–H groups in total. The number of methoxy groups -OCH3 is 3. The normalized spacial score (nSPS) is 13.5. The van der Waals surface area contributed by atoms with Crippen LogP contribution in [0.25, 0.3) is 22.4 Å². The zero-order chi connectivity index (χ0) is 22.8. The number of benzene rings is 3. The monoisotopic (exact) mass is 443 g/mol. The smallest absolute Gasteiger partial charge is 0.203 e. The number of aromatic nitrogens is 2. The predicted molar refractivity (Wildman–Crippen MR) is 132 cm³/mol. The summed E-state index contributed by atoms with van der Waals surface area (Å²) in [6.45, 7) is 2.85. The average molecular weight is 444 g/mol. The number of anilines is 1. The van der Waals surface area contributed by atoms with Crippen LogP contribution in [0.2, 0.25) is 0 Å². The van der Waals surface area contributed by atoms with E-state index in [4.69, 9.17) is 19.2 Å². The first-order valence-electron chi connectivity index (χ1n) is 11.3. The molecule has 0 radical (unpaired) electrons. The Kier molecular flexibility index (Phi) is 5.82. The third-order valence-corrected chi connectivity index (χ3v) is 6.30. The molecule has 33 heavy (non-hydrogen) atoms. The molecule has 2 heterocycles. The molecule has 0 atom stereocenters. The van der Waals surface area contributed by atoms with Crippen LogP contribution in [0.4, 0.5) is 5.69 Å². The van der Waals surface area contributed by atoms with Crippen LogP contribution in [0.15, 0.2) is 60.7 Å². The highest BCUT2D eigenvalue weighted by molar-refractivity contribution is 5.84. The zero-order valence-electron chi connectivity index (χ0n) is 19.4. The number of hydrogen-bond acceptors (Lipinski definition) is 5. The van der Waals surface area contributed by atoms with Gasteiger partial charge in [-0.3, -0.25) is 0 Å². The molecule has 0 bridgehead atoms. The van der Waals surface area contributed by atoms with E-state index in [1.165, 1.54) is 18.5 Å². The molecule has 1 aliphatic heterocycles. The van der Waals surface area contributed by atoms with Crippen LogP contribution in [0.1, 0.15) is 18.4 Å². The maximum Gasteiger partial charge on any atom is 0.203 e. The van der Waals surface area contributed by atoms with Gasteiger partial charge in [0.25, 0.3) is 0 Å². The predicted octanol–water partition coefficient (Wildman–Crippen LogP) is 5.38. The minimum absolute atomic E-state index is 0.595. The summed E-state index contributed by atoms with van der Waals surface area (Å²) in [7, 11) is 4.90. The Balaban J connectivity index is 1.63. The van der Waals surface area contributed by atoms with Crippen molar-refractivity contribution >= 4 is 16.7 Å². The third kappa shape index (κ3) is 3.97. The van der Waals surface area contributed by atoms with E-state index < -0.39 is 0 Å². The van der Waals surface area contributed by atoms with Crippen molar-refractivity contribution in [1.82, 2.24) is 9.55 Å². The van der Waals surface area contributed by atoms with Gasteiger partial charge in [-0.15, -0.1) is 0 Å². The lowest BCUT2D eigenvalue weighted by molar-refractivity contribution is 0.323. The van der Waals surface area contributed by atoms with E-state index in [1.807, 2.05) is 30.3 Å². The molecule has 6 heteroatoms. The molecule has 170 valence electrons. The fraction of sp³-hybridized carbons (Fsp3) is 0.296. The van der Waals surface area contributed by atoms with Crippen LogP contribution >= 0.6 is 0 Å². The SMILES string of the molecule is COc1cc(Cn2c(-c3ccccc3)nc3cc(N4CCCC4)ccc32)cc(OC)c1OC. The number of nitrogens with zero attached hydrogens (tertiary/aromatic N) is 3. The standard InChI is InChI=1S/C27H29N3O3/c1-31-24-15-19(16-25(32-2)26(24)33-3)18-30-23-12-11-21(29-13-7-8-14-29)17-22(23)28-27(30)20-9-5-4-6-10-20/h4-6,9-12,15-17H,7-8,13-14,18H2,1-3H3. The summed E-state index contributed by atoms with van der Waals surface area (Å²) in [5, 5.41) is 0. The van der Waals surface area contributed by atoms with Crippen LogP contribution in [-0.2, 0) is 6.54 Å². The molecule has 0 unspecified atom stereocenters.